The highest BCUT2D eigenvalue weighted by molar-refractivity contribution is 7.92. The van der Waals surface area contributed by atoms with Gasteiger partial charge in [0, 0.05) is 17.8 Å². The summed E-state index contributed by atoms with van der Waals surface area (Å²) in [5.74, 6) is 1.25. The van der Waals surface area contributed by atoms with Crippen molar-refractivity contribution in [1.29, 1.82) is 0 Å². The Bertz CT molecular complexity index is 1370. The molecule has 10 heteroatoms. The molecule has 0 spiro atoms. The summed E-state index contributed by atoms with van der Waals surface area (Å²) in [6, 6.07) is 14.7. The van der Waals surface area contributed by atoms with Gasteiger partial charge in [-0.3, -0.25) is 9.10 Å². The second kappa shape index (κ2) is 10.4. The first-order valence-electron chi connectivity index (χ1n) is 11.2. The lowest BCUT2D eigenvalue weighted by molar-refractivity contribution is -0.114. The quantitative estimate of drug-likeness (QED) is 0.488. The van der Waals surface area contributed by atoms with Gasteiger partial charge in [0.25, 0.3) is 10.0 Å². The maximum atomic E-state index is 13.8. The molecule has 1 aliphatic heterocycles. The molecule has 4 rings (SSSR count). The van der Waals surface area contributed by atoms with Gasteiger partial charge in [0.15, 0.2) is 23.0 Å². The van der Waals surface area contributed by atoms with Crippen LogP contribution in [0.5, 0.6) is 23.0 Å². The van der Waals surface area contributed by atoms with Gasteiger partial charge in [-0.15, -0.1) is 0 Å². The Hall–Kier alpha value is -3.92. The molecule has 0 unspecified atom stereocenters. The molecule has 0 saturated carbocycles. The van der Waals surface area contributed by atoms with Crippen LogP contribution in [0.4, 0.5) is 11.4 Å². The predicted molar refractivity (Wildman–Crippen MR) is 136 cm³/mol. The highest BCUT2D eigenvalue weighted by atomic mass is 32.2. The Balaban J connectivity index is 1.68. The molecule has 1 N–H and O–H groups in total. The number of anilines is 2. The first-order chi connectivity index (χ1) is 17.2. The van der Waals surface area contributed by atoms with Crippen molar-refractivity contribution in [3.05, 3.63) is 65.7 Å². The normalized spacial score (nSPS) is 12.6. The fourth-order valence-electron chi connectivity index (χ4n) is 3.97. The topological polar surface area (TPSA) is 103 Å². The molecule has 190 valence electrons. The summed E-state index contributed by atoms with van der Waals surface area (Å²) in [6.45, 7) is 4.15. The minimum Gasteiger partial charge on any atom is -0.493 e. The fourth-order valence-corrected chi connectivity index (χ4v) is 5.39. The largest absolute Gasteiger partial charge is 0.493 e. The maximum Gasteiger partial charge on any atom is 0.264 e. The highest BCUT2D eigenvalue weighted by Crippen LogP contribution is 2.34. The van der Waals surface area contributed by atoms with Gasteiger partial charge in [-0.25, -0.2) is 8.42 Å². The van der Waals surface area contributed by atoms with E-state index in [1.165, 1.54) is 32.4 Å². The van der Waals surface area contributed by atoms with E-state index in [0.29, 0.717) is 41.8 Å². The summed E-state index contributed by atoms with van der Waals surface area (Å²) in [6.07, 6.45) is 0. The van der Waals surface area contributed by atoms with E-state index in [-0.39, 0.29) is 10.6 Å². The van der Waals surface area contributed by atoms with Crippen LogP contribution in [0.2, 0.25) is 0 Å². The van der Waals surface area contributed by atoms with Crippen LogP contribution in [0.3, 0.4) is 0 Å². The van der Waals surface area contributed by atoms with Crippen molar-refractivity contribution in [1.82, 2.24) is 0 Å². The van der Waals surface area contributed by atoms with Crippen molar-refractivity contribution >= 4 is 27.3 Å². The van der Waals surface area contributed by atoms with E-state index in [0.717, 1.165) is 15.4 Å². The SMILES string of the molecule is COc1ccc(S(=O)(=O)N(CC(=O)Nc2ccc3c(c2)OCCO3)c2cc(C)cc(C)c2)cc1OC. The molecular formula is C26H28N2O7S. The number of methoxy groups -OCH3 is 2. The fraction of sp³-hybridized carbons (Fsp3) is 0.269. The van der Waals surface area contributed by atoms with Crippen molar-refractivity contribution in [2.75, 3.05) is 43.6 Å². The van der Waals surface area contributed by atoms with Crippen molar-refractivity contribution in [3.8, 4) is 23.0 Å². The third-order valence-electron chi connectivity index (χ3n) is 5.55. The number of rotatable bonds is 8. The number of nitrogens with zero attached hydrogens (tertiary/aromatic N) is 1. The summed E-state index contributed by atoms with van der Waals surface area (Å²) >= 11 is 0. The van der Waals surface area contributed by atoms with E-state index in [4.69, 9.17) is 18.9 Å². The first-order valence-corrected chi connectivity index (χ1v) is 12.7. The Labute approximate surface area is 210 Å². The van der Waals surface area contributed by atoms with Crippen molar-refractivity contribution in [3.63, 3.8) is 0 Å². The van der Waals surface area contributed by atoms with Crippen molar-refractivity contribution < 1.29 is 32.2 Å². The Kier molecular flexibility index (Phi) is 7.25. The Morgan fingerprint density at radius 2 is 1.56 bits per heavy atom. The summed E-state index contributed by atoms with van der Waals surface area (Å²) in [4.78, 5) is 13.1. The third-order valence-corrected chi connectivity index (χ3v) is 7.32. The number of ether oxygens (including phenoxy) is 4. The number of amides is 1. The lowest BCUT2D eigenvalue weighted by atomic mass is 10.1. The monoisotopic (exact) mass is 512 g/mol. The van der Waals surface area contributed by atoms with Gasteiger partial charge in [-0.05, 0) is 61.4 Å². The average Bonchev–Trinajstić information content (AvgIpc) is 2.86. The predicted octanol–water partition coefficient (Wildman–Crippen LogP) is 3.93. The number of carbonyl (C=O) groups excluding carboxylic acids is 1. The third kappa shape index (κ3) is 5.33. The van der Waals surface area contributed by atoms with Crippen LogP contribution in [0.15, 0.2) is 59.5 Å². The second-order valence-corrected chi connectivity index (χ2v) is 10.1. The number of nitrogens with one attached hydrogen (secondary N) is 1. The van der Waals surface area contributed by atoms with Crippen LogP contribution in [0.1, 0.15) is 11.1 Å². The van der Waals surface area contributed by atoms with Crippen molar-refractivity contribution in [2.24, 2.45) is 0 Å². The standard InChI is InChI=1S/C26H28N2O7S/c1-17-11-18(2)13-20(12-17)28(36(30,31)21-6-8-22(32-3)24(15-21)33-4)16-26(29)27-19-5-7-23-25(14-19)35-10-9-34-23/h5-8,11-15H,9-10,16H2,1-4H3,(H,27,29). The molecule has 0 radical (unpaired) electrons. The van der Waals surface area contributed by atoms with Crippen molar-refractivity contribution in [2.45, 2.75) is 18.7 Å². The number of hydrogen-bond acceptors (Lipinski definition) is 7. The lowest BCUT2D eigenvalue weighted by Gasteiger charge is -2.25. The molecular weight excluding hydrogens is 484 g/mol. The number of sulfonamides is 1. The molecule has 3 aromatic carbocycles. The minimum atomic E-state index is -4.15. The molecule has 0 saturated heterocycles. The summed E-state index contributed by atoms with van der Waals surface area (Å²) < 4.78 is 50.3. The molecule has 0 atom stereocenters. The van der Waals surface area contributed by atoms with Gasteiger partial charge in [-0.2, -0.15) is 0 Å². The smallest absolute Gasteiger partial charge is 0.264 e. The van der Waals surface area contributed by atoms with Gasteiger partial charge in [0.2, 0.25) is 5.91 Å². The van der Waals surface area contributed by atoms with Crippen LogP contribution < -0.4 is 28.6 Å². The zero-order valence-corrected chi connectivity index (χ0v) is 21.3. The first kappa shape index (κ1) is 25.2. The molecule has 0 aliphatic carbocycles. The van der Waals surface area contributed by atoms with Gasteiger partial charge < -0.3 is 24.3 Å². The summed E-state index contributed by atoms with van der Waals surface area (Å²) in [5, 5.41) is 2.76. The zero-order valence-electron chi connectivity index (χ0n) is 20.5. The Morgan fingerprint density at radius 3 is 2.22 bits per heavy atom. The Morgan fingerprint density at radius 1 is 0.889 bits per heavy atom. The molecule has 0 bridgehead atoms. The number of fused-ring (bicyclic) bond motifs is 1. The maximum absolute atomic E-state index is 13.8. The zero-order chi connectivity index (χ0) is 25.9. The number of carbonyl (C=O) groups is 1. The average molecular weight is 513 g/mol. The van der Waals surface area contributed by atoms with Crippen LogP contribution >= 0.6 is 0 Å². The number of hydrogen-bond donors (Lipinski definition) is 1. The summed E-state index contributed by atoms with van der Waals surface area (Å²) in [5.41, 5.74) is 2.57. The lowest BCUT2D eigenvalue weighted by Crippen LogP contribution is -2.38. The van der Waals surface area contributed by atoms with E-state index < -0.39 is 22.5 Å². The highest BCUT2D eigenvalue weighted by Gasteiger charge is 2.29. The van der Waals surface area contributed by atoms with Crippen LogP contribution in [0.25, 0.3) is 0 Å². The van der Waals surface area contributed by atoms with E-state index in [1.54, 1.807) is 30.3 Å². The van der Waals surface area contributed by atoms with E-state index in [9.17, 15) is 13.2 Å². The van der Waals surface area contributed by atoms with Gasteiger partial charge in [0.1, 0.15) is 19.8 Å². The molecule has 0 fully saturated rings. The second-order valence-electron chi connectivity index (χ2n) is 8.28. The van der Waals surface area contributed by atoms with Gasteiger partial charge in [-0.1, -0.05) is 6.07 Å². The van der Waals surface area contributed by atoms with Gasteiger partial charge in [0.05, 0.1) is 24.8 Å². The minimum absolute atomic E-state index is 0.0357. The molecule has 9 nitrogen and oxygen atoms in total. The van der Waals surface area contributed by atoms with Crippen LogP contribution in [0, 0.1) is 13.8 Å². The van der Waals surface area contributed by atoms with Gasteiger partial charge >= 0.3 is 0 Å². The van der Waals surface area contributed by atoms with Crippen LogP contribution in [-0.4, -0.2) is 48.3 Å². The molecule has 0 aromatic heterocycles. The molecule has 1 aliphatic rings. The molecule has 3 aromatic rings. The molecule has 1 amide bonds. The van der Waals surface area contributed by atoms with E-state index in [1.807, 2.05) is 19.9 Å². The number of benzene rings is 3. The van der Waals surface area contributed by atoms with Crippen LogP contribution in [-0.2, 0) is 14.8 Å². The summed E-state index contributed by atoms with van der Waals surface area (Å²) in [7, 11) is -1.26. The molecule has 36 heavy (non-hydrogen) atoms. The molecule has 1 heterocycles. The number of aryl methyl sites for hydroxylation is 2. The van der Waals surface area contributed by atoms with E-state index in [2.05, 4.69) is 5.32 Å². The van der Waals surface area contributed by atoms with E-state index >= 15 is 0 Å².